The Balaban J connectivity index is 2.85. The molecular formula is C6H6BrNO2S. The summed E-state index contributed by atoms with van der Waals surface area (Å²) >= 11 is 4.59. The van der Waals surface area contributed by atoms with E-state index in [-0.39, 0.29) is 6.42 Å². The summed E-state index contributed by atoms with van der Waals surface area (Å²) in [5.41, 5.74) is 0. The van der Waals surface area contributed by atoms with Gasteiger partial charge in [-0.05, 0) is 22.9 Å². The molecule has 0 radical (unpaired) electrons. The fraction of sp³-hybridized carbons (Fsp3) is 0.333. The molecule has 0 spiro atoms. The topological polar surface area (TPSA) is 50.2 Å². The maximum absolute atomic E-state index is 10.3. The number of carbonyl (C=O) groups is 1. The summed E-state index contributed by atoms with van der Waals surface area (Å²) in [6.07, 6.45) is 0.0477. The predicted octanol–water partition coefficient (Wildman–Crippen LogP) is 1.84. The first-order valence-corrected chi connectivity index (χ1v) is 4.54. The number of halogens is 1. The van der Waals surface area contributed by atoms with Gasteiger partial charge in [0.15, 0.2) is 0 Å². The van der Waals surface area contributed by atoms with Crippen LogP contribution in [0.1, 0.15) is 9.88 Å². The summed E-state index contributed by atoms with van der Waals surface area (Å²) < 4.78 is 0.655. The molecule has 1 rings (SSSR count). The second-order valence-corrected chi connectivity index (χ2v) is 4.06. The number of aryl methyl sites for hydroxylation is 1. The minimum atomic E-state index is -0.825. The molecule has 0 saturated heterocycles. The van der Waals surface area contributed by atoms with Crippen molar-refractivity contribution in [1.29, 1.82) is 0 Å². The lowest BCUT2D eigenvalue weighted by Crippen LogP contribution is -1.98. The Hall–Kier alpha value is -0.420. The van der Waals surface area contributed by atoms with Crippen molar-refractivity contribution in [3.63, 3.8) is 0 Å². The Kier molecular flexibility index (Phi) is 2.62. The van der Waals surface area contributed by atoms with E-state index in [4.69, 9.17) is 5.11 Å². The van der Waals surface area contributed by atoms with Gasteiger partial charge in [-0.15, -0.1) is 11.3 Å². The monoisotopic (exact) mass is 235 g/mol. The highest BCUT2D eigenvalue weighted by Gasteiger charge is 2.09. The van der Waals surface area contributed by atoms with Gasteiger partial charge in [-0.1, -0.05) is 0 Å². The summed E-state index contributed by atoms with van der Waals surface area (Å²) in [7, 11) is 0. The zero-order valence-corrected chi connectivity index (χ0v) is 8.20. The number of carboxylic acids is 1. The number of aliphatic carboxylic acids is 1. The maximum atomic E-state index is 10.3. The summed E-state index contributed by atoms with van der Waals surface area (Å²) in [5.74, 6) is -0.825. The number of rotatable bonds is 2. The van der Waals surface area contributed by atoms with Crippen LogP contribution in [-0.2, 0) is 11.2 Å². The van der Waals surface area contributed by atoms with Gasteiger partial charge in [0.1, 0.15) is 4.60 Å². The molecule has 0 aliphatic rings. The highest BCUT2D eigenvalue weighted by Crippen LogP contribution is 2.23. The highest BCUT2D eigenvalue weighted by atomic mass is 79.9. The Bertz CT molecular complexity index is 284. The van der Waals surface area contributed by atoms with Crippen LogP contribution < -0.4 is 0 Å². The summed E-state index contributed by atoms with van der Waals surface area (Å²) in [4.78, 5) is 15.1. The van der Waals surface area contributed by atoms with E-state index in [0.29, 0.717) is 4.60 Å². The van der Waals surface area contributed by atoms with Crippen LogP contribution in [0.2, 0.25) is 0 Å². The first-order valence-electron chi connectivity index (χ1n) is 2.93. The van der Waals surface area contributed by atoms with E-state index in [1.165, 1.54) is 11.3 Å². The molecule has 0 aliphatic heterocycles. The van der Waals surface area contributed by atoms with Gasteiger partial charge in [-0.2, -0.15) is 0 Å². The molecule has 0 unspecified atom stereocenters. The average Bonchev–Trinajstić information content (AvgIpc) is 2.09. The number of carboxylic acid groups (broad SMARTS) is 1. The van der Waals surface area contributed by atoms with Gasteiger partial charge in [-0.3, -0.25) is 4.79 Å². The lowest BCUT2D eigenvalue weighted by molar-refractivity contribution is -0.136. The van der Waals surface area contributed by atoms with Crippen molar-refractivity contribution in [2.45, 2.75) is 13.3 Å². The molecule has 0 amide bonds. The third-order valence-corrected chi connectivity index (χ3v) is 2.96. The quantitative estimate of drug-likeness (QED) is 0.852. The van der Waals surface area contributed by atoms with Crippen molar-refractivity contribution in [1.82, 2.24) is 4.98 Å². The van der Waals surface area contributed by atoms with Crippen molar-refractivity contribution in [3.05, 3.63) is 14.5 Å². The van der Waals surface area contributed by atoms with Gasteiger partial charge < -0.3 is 5.11 Å². The maximum Gasteiger partial charge on any atom is 0.308 e. The van der Waals surface area contributed by atoms with Gasteiger partial charge in [-0.25, -0.2) is 4.98 Å². The van der Waals surface area contributed by atoms with Crippen LogP contribution >= 0.6 is 27.3 Å². The van der Waals surface area contributed by atoms with Crippen molar-refractivity contribution >= 4 is 33.2 Å². The largest absolute Gasteiger partial charge is 0.481 e. The van der Waals surface area contributed by atoms with E-state index in [1.807, 2.05) is 6.92 Å². The smallest absolute Gasteiger partial charge is 0.308 e. The van der Waals surface area contributed by atoms with Crippen LogP contribution in [-0.4, -0.2) is 16.1 Å². The van der Waals surface area contributed by atoms with E-state index in [1.54, 1.807) is 0 Å². The molecule has 5 heteroatoms. The Labute approximate surface area is 76.2 Å². The molecule has 0 fully saturated rings. The van der Waals surface area contributed by atoms with Crippen molar-refractivity contribution in [2.24, 2.45) is 0 Å². The molecule has 0 saturated carbocycles. The summed E-state index contributed by atoms with van der Waals surface area (Å²) in [6.45, 7) is 1.85. The molecule has 60 valence electrons. The average molecular weight is 236 g/mol. The Morgan fingerprint density at radius 3 is 2.82 bits per heavy atom. The van der Waals surface area contributed by atoms with Gasteiger partial charge in [0.05, 0.1) is 16.3 Å². The molecule has 3 nitrogen and oxygen atoms in total. The third kappa shape index (κ3) is 2.27. The minimum absolute atomic E-state index is 0.0477. The number of aromatic nitrogens is 1. The fourth-order valence-corrected chi connectivity index (χ4v) is 2.28. The third-order valence-electron chi connectivity index (χ3n) is 1.07. The molecular weight excluding hydrogens is 230 g/mol. The van der Waals surface area contributed by atoms with E-state index < -0.39 is 5.97 Å². The Morgan fingerprint density at radius 1 is 1.82 bits per heavy atom. The normalized spacial score (nSPS) is 10.0. The summed E-state index contributed by atoms with van der Waals surface area (Å²) in [5, 5.41) is 9.34. The summed E-state index contributed by atoms with van der Waals surface area (Å²) in [6, 6.07) is 0. The molecule has 0 atom stereocenters. The fourth-order valence-electron chi connectivity index (χ4n) is 0.690. The molecule has 1 N–H and O–H groups in total. The van der Waals surface area contributed by atoms with Crippen molar-refractivity contribution < 1.29 is 9.90 Å². The number of thiazole rings is 1. The molecule has 1 aromatic heterocycles. The van der Waals surface area contributed by atoms with Crippen LogP contribution in [0, 0.1) is 6.92 Å². The van der Waals surface area contributed by atoms with E-state index in [2.05, 4.69) is 20.9 Å². The molecule has 0 aliphatic carbocycles. The highest BCUT2D eigenvalue weighted by molar-refractivity contribution is 9.10. The zero-order chi connectivity index (χ0) is 8.43. The lowest BCUT2D eigenvalue weighted by atomic mass is 10.4. The first-order chi connectivity index (χ1) is 5.09. The Morgan fingerprint density at radius 2 is 2.45 bits per heavy atom. The second-order valence-electron chi connectivity index (χ2n) is 2.02. The van der Waals surface area contributed by atoms with Crippen LogP contribution in [0.15, 0.2) is 4.60 Å². The van der Waals surface area contributed by atoms with E-state index in [9.17, 15) is 4.79 Å². The van der Waals surface area contributed by atoms with Crippen LogP contribution in [0.5, 0.6) is 0 Å². The van der Waals surface area contributed by atoms with Gasteiger partial charge in [0.25, 0.3) is 0 Å². The van der Waals surface area contributed by atoms with Crippen LogP contribution in [0.4, 0.5) is 0 Å². The SMILES string of the molecule is Cc1nc(Br)c(CC(=O)O)s1. The van der Waals surface area contributed by atoms with Gasteiger partial charge in [0.2, 0.25) is 0 Å². The minimum Gasteiger partial charge on any atom is -0.481 e. The van der Waals surface area contributed by atoms with Gasteiger partial charge in [0, 0.05) is 0 Å². The van der Waals surface area contributed by atoms with Crippen molar-refractivity contribution in [3.8, 4) is 0 Å². The number of hydrogen-bond acceptors (Lipinski definition) is 3. The van der Waals surface area contributed by atoms with E-state index in [0.717, 1.165) is 9.88 Å². The molecule has 0 bridgehead atoms. The molecule has 0 aromatic carbocycles. The standard InChI is InChI=1S/C6H6BrNO2S/c1-3-8-6(7)4(11-3)2-5(9)10/h2H2,1H3,(H,9,10). The van der Waals surface area contributed by atoms with Gasteiger partial charge >= 0.3 is 5.97 Å². The van der Waals surface area contributed by atoms with Crippen molar-refractivity contribution in [2.75, 3.05) is 0 Å². The second kappa shape index (κ2) is 3.32. The zero-order valence-electron chi connectivity index (χ0n) is 5.80. The molecule has 1 aromatic rings. The lowest BCUT2D eigenvalue weighted by Gasteiger charge is -1.88. The van der Waals surface area contributed by atoms with E-state index >= 15 is 0 Å². The van der Waals surface area contributed by atoms with Crippen LogP contribution in [0.3, 0.4) is 0 Å². The van der Waals surface area contributed by atoms with Crippen LogP contribution in [0.25, 0.3) is 0 Å². The number of nitrogens with zero attached hydrogens (tertiary/aromatic N) is 1. The molecule has 11 heavy (non-hydrogen) atoms. The predicted molar refractivity (Wildman–Crippen MR) is 45.9 cm³/mol. The first kappa shape index (κ1) is 8.67. The molecule has 1 heterocycles. The number of hydrogen-bond donors (Lipinski definition) is 1.